The van der Waals surface area contributed by atoms with Crippen LogP contribution in [0.1, 0.15) is 5.56 Å². The maximum Gasteiger partial charge on any atom is 0.269 e. The van der Waals surface area contributed by atoms with Crippen molar-refractivity contribution in [2.24, 2.45) is 4.99 Å². The van der Waals surface area contributed by atoms with E-state index in [4.69, 9.17) is 0 Å². The van der Waals surface area contributed by atoms with Crippen molar-refractivity contribution in [2.75, 3.05) is 0 Å². The topological polar surface area (TPSA) is 73.3 Å². The first-order chi connectivity index (χ1) is 16.7. The smallest absolute Gasteiger partial charge is 0.269 e. The number of nitrogens with zero attached hydrogens (tertiary/aromatic N) is 4. The van der Waals surface area contributed by atoms with Gasteiger partial charge in [0.1, 0.15) is 0 Å². The van der Waals surface area contributed by atoms with E-state index in [1.165, 1.54) is 12.1 Å². The van der Waals surface area contributed by atoms with Gasteiger partial charge in [0.15, 0.2) is 0 Å². The van der Waals surface area contributed by atoms with Crippen LogP contribution in [0.15, 0.2) is 121 Å². The maximum atomic E-state index is 11.2. The van der Waals surface area contributed by atoms with Crippen LogP contribution in [0.4, 0.5) is 11.4 Å². The van der Waals surface area contributed by atoms with Crippen LogP contribution in [0.5, 0.6) is 0 Å². The number of aliphatic imine (C=N–C) groups is 1. The maximum absolute atomic E-state index is 11.2. The van der Waals surface area contributed by atoms with E-state index in [9.17, 15) is 10.1 Å². The molecule has 5 aromatic rings. The number of rotatable bonds is 6. The second kappa shape index (κ2) is 9.34. The second-order valence-corrected chi connectivity index (χ2v) is 7.64. The second-order valence-electron chi connectivity index (χ2n) is 7.64. The number of hydrogen-bond acceptors (Lipinski definition) is 4. The number of benzene rings is 3. The Labute approximate surface area is 196 Å². The lowest BCUT2D eigenvalue weighted by Gasteiger charge is -2.15. The molecule has 2 aromatic heterocycles. The Hall–Kier alpha value is -4.84. The van der Waals surface area contributed by atoms with Crippen molar-refractivity contribution >= 4 is 17.6 Å². The standard InChI is InChI=1S/C28H20N4O2/c33-32(34)26-15-13-25(14-16-26)31-27(21-8-3-1-4-9-21)18-23(19-30-24-12-7-17-29-20-24)28(31)22-10-5-2-6-11-22/h1-20H. The Morgan fingerprint density at radius 1 is 0.824 bits per heavy atom. The fourth-order valence-electron chi connectivity index (χ4n) is 3.91. The van der Waals surface area contributed by atoms with Gasteiger partial charge >= 0.3 is 0 Å². The summed E-state index contributed by atoms with van der Waals surface area (Å²) in [6.07, 6.45) is 5.27. The van der Waals surface area contributed by atoms with Gasteiger partial charge in [-0.15, -0.1) is 0 Å². The van der Waals surface area contributed by atoms with Crippen molar-refractivity contribution in [3.05, 3.63) is 131 Å². The lowest BCUT2D eigenvalue weighted by atomic mass is 10.1. The van der Waals surface area contributed by atoms with Crippen LogP contribution in [0, 0.1) is 10.1 Å². The van der Waals surface area contributed by atoms with Crippen LogP contribution in [0.25, 0.3) is 28.2 Å². The molecule has 0 aliphatic rings. The molecule has 6 heteroatoms. The number of non-ortho nitro benzene ring substituents is 1. The van der Waals surface area contributed by atoms with Crippen LogP contribution in [0.3, 0.4) is 0 Å². The molecular formula is C28H20N4O2. The third-order valence-corrected chi connectivity index (χ3v) is 5.46. The molecule has 0 N–H and O–H groups in total. The molecule has 0 spiro atoms. The molecule has 0 saturated heterocycles. The third-order valence-electron chi connectivity index (χ3n) is 5.46. The number of nitro benzene ring substituents is 1. The van der Waals surface area contributed by atoms with Crippen LogP contribution < -0.4 is 0 Å². The monoisotopic (exact) mass is 444 g/mol. The van der Waals surface area contributed by atoms with Gasteiger partial charge in [-0.1, -0.05) is 60.7 Å². The Morgan fingerprint density at radius 2 is 1.50 bits per heavy atom. The van der Waals surface area contributed by atoms with E-state index in [2.05, 4.69) is 20.6 Å². The van der Waals surface area contributed by atoms with Crippen LogP contribution in [0.2, 0.25) is 0 Å². The number of pyridine rings is 1. The molecular weight excluding hydrogens is 424 g/mol. The third kappa shape index (κ3) is 4.25. The summed E-state index contributed by atoms with van der Waals surface area (Å²) in [7, 11) is 0. The first kappa shape index (κ1) is 21.0. The SMILES string of the molecule is O=[N+]([O-])c1ccc(-n2c(-c3ccccc3)cc(C=Nc3cccnc3)c2-c2ccccc2)cc1. The van der Waals surface area contributed by atoms with E-state index in [1.807, 2.05) is 79.0 Å². The summed E-state index contributed by atoms with van der Waals surface area (Å²) >= 11 is 0. The predicted octanol–water partition coefficient (Wildman–Crippen LogP) is 6.87. The average Bonchev–Trinajstić information content (AvgIpc) is 3.29. The number of nitro groups is 1. The van der Waals surface area contributed by atoms with E-state index in [0.29, 0.717) is 0 Å². The summed E-state index contributed by atoms with van der Waals surface area (Å²) in [5.41, 5.74) is 6.50. The van der Waals surface area contributed by atoms with E-state index in [0.717, 1.165) is 39.5 Å². The minimum Gasteiger partial charge on any atom is -0.309 e. The van der Waals surface area contributed by atoms with Gasteiger partial charge in [-0.3, -0.25) is 20.1 Å². The van der Waals surface area contributed by atoms with Crippen molar-refractivity contribution in [1.29, 1.82) is 0 Å². The molecule has 0 radical (unpaired) electrons. The molecule has 6 nitrogen and oxygen atoms in total. The molecule has 0 unspecified atom stereocenters. The van der Waals surface area contributed by atoms with Crippen molar-refractivity contribution in [2.45, 2.75) is 0 Å². The summed E-state index contributed by atoms with van der Waals surface area (Å²) < 4.78 is 2.12. The van der Waals surface area contributed by atoms with Gasteiger partial charge in [0, 0.05) is 35.8 Å². The highest BCUT2D eigenvalue weighted by Gasteiger charge is 2.19. The van der Waals surface area contributed by atoms with Gasteiger partial charge < -0.3 is 4.57 Å². The van der Waals surface area contributed by atoms with E-state index in [-0.39, 0.29) is 10.6 Å². The van der Waals surface area contributed by atoms with Gasteiger partial charge in [-0.05, 0) is 41.5 Å². The average molecular weight is 444 g/mol. The highest BCUT2D eigenvalue weighted by atomic mass is 16.6. The zero-order chi connectivity index (χ0) is 23.3. The molecule has 164 valence electrons. The first-order valence-electron chi connectivity index (χ1n) is 10.8. The van der Waals surface area contributed by atoms with Gasteiger partial charge in [-0.2, -0.15) is 0 Å². The normalized spacial score (nSPS) is 11.1. The summed E-state index contributed by atoms with van der Waals surface area (Å²) in [5, 5.41) is 11.2. The van der Waals surface area contributed by atoms with E-state index in [1.54, 1.807) is 24.5 Å². The summed E-state index contributed by atoms with van der Waals surface area (Å²) in [6, 6.07) is 32.6. The molecule has 0 amide bonds. The van der Waals surface area contributed by atoms with Gasteiger partial charge in [0.25, 0.3) is 5.69 Å². The van der Waals surface area contributed by atoms with Crippen molar-refractivity contribution in [3.63, 3.8) is 0 Å². The van der Waals surface area contributed by atoms with E-state index >= 15 is 0 Å². The lowest BCUT2D eigenvalue weighted by Crippen LogP contribution is -2.01. The molecule has 0 aliphatic heterocycles. The van der Waals surface area contributed by atoms with Crippen LogP contribution in [-0.2, 0) is 0 Å². The molecule has 0 aliphatic carbocycles. The lowest BCUT2D eigenvalue weighted by molar-refractivity contribution is -0.384. The fourth-order valence-corrected chi connectivity index (χ4v) is 3.91. The van der Waals surface area contributed by atoms with Gasteiger partial charge in [0.2, 0.25) is 0 Å². The largest absolute Gasteiger partial charge is 0.309 e. The van der Waals surface area contributed by atoms with Gasteiger partial charge in [-0.25, -0.2) is 0 Å². The Bertz CT molecular complexity index is 1440. The molecule has 5 rings (SSSR count). The molecule has 34 heavy (non-hydrogen) atoms. The van der Waals surface area contributed by atoms with Crippen molar-refractivity contribution < 1.29 is 4.92 Å². The summed E-state index contributed by atoms with van der Waals surface area (Å²) in [5.74, 6) is 0. The molecule has 0 fully saturated rings. The molecule has 0 atom stereocenters. The Morgan fingerprint density at radius 3 is 2.12 bits per heavy atom. The highest BCUT2D eigenvalue weighted by Crippen LogP contribution is 2.36. The zero-order valence-electron chi connectivity index (χ0n) is 18.2. The Kier molecular flexibility index (Phi) is 5.78. The number of hydrogen-bond donors (Lipinski definition) is 0. The summed E-state index contributed by atoms with van der Waals surface area (Å²) in [6.45, 7) is 0. The van der Waals surface area contributed by atoms with Gasteiger partial charge in [0.05, 0.1) is 28.2 Å². The summed E-state index contributed by atoms with van der Waals surface area (Å²) in [4.78, 5) is 19.6. The van der Waals surface area contributed by atoms with Crippen molar-refractivity contribution in [1.82, 2.24) is 9.55 Å². The van der Waals surface area contributed by atoms with E-state index < -0.39 is 0 Å². The number of aromatic nitrogens is 2. The molecule has 0 bridgehead atoms. The fraction of sp³-hybridized carbons (Fsp3) is 0. The molecule has 2 heterocycles. The highest BCUT2D eigenvalue weighted by molar-refractivity contribution is 5.94. The zero-order valence-corrected chi connectivity index (χ0v) is 18.2. The minimum absolute atomic E-state index is 0.0526. The van der Waals surface area contributed by atoms with Crippen molar-refractivity contribution in [3.8, 4) is 28.2 Å². The quantitative estimate of drug-likeness (QED) is 0.163. The van der Waals surface area contributed by atoms with Crippen LogP contribution >= 0.6 is 0 Å². The predicted molar refractivity (Wildman–Crippen MR) is 135 cm³/mol. The molecule has 0 saturated carbocycles. The Balaban J connectivity index is 1.77. The molecule has 3 aromatic carbocycles. The first-order valence-corrected chi connectivity index (χ1v) is 10.8. The van der Waals surface area contributed by atoms with Crippen LogP contribution in [-0.4, -0.2) is 20.7 Å². The minimum atomic E-state index is -0.387.